The summed E-state index contributed by atoms with van der Waals surface area (Å²) in [6, 6.07) is 14.1. The molecule has 1 aliphatic heterocycles. The summed E-state index contributed by atoms with van der Waals surface area (Å²) in [6.45, 7) is 0.614. The molecule has 0 fully saturated rings. The molecular weight excluding hydrogens is 426 g/mol. The number of nitro groups is 1. The summed E-state index contributed by atoms with van der Waals surface area (Å²) in [5, 5.41) is 15.4. The van der Waals surface area contributed by atoms with Gasteiger partial charge >= 0.3 is 0 Å². The highest BCUT2D eigenvalue weighted by Crippen LogP contribution is 2.29. The molecule has 1 amide bonds. The number of thiophene rings is 1. The van der Waals surface area contributed by atoms with E-state index in [1.54, 1.807) is 29.6 Å². The van der Waals surface area contributed by atoms with Crippen molar-refractivity contribution in [2.24, 2.45) is 0 Å². The molecule has 0 saturated carbocycles. The number of anilines is 1. The zero-order valence-electron chi connectivity index (χ0n) is 15.6. The quantitative estimate of drug-likeness (QED) is 0.478. The van der Waals surface area contributed by atoms with Gasteiger partial charge in [-0.05, 0) is 47.2 Å². The van der Waals surface area contributed by atoms with Crippen LogP contribution in [0.25, 0.3) is 0 Å². The largest absolute Gasteiger partial charge is 0.322 e. The number of amides is 1. The van der Waals surface area contributed by atoms with E-state index in [1.807, 2.05) is 6.07 Å². The molecule has 30 heavy (non-hydrogen) atoms. The van der Waals surface area contributed by atoms with Gasteiger partial charge in [0.15, 0.2) is 0 Å². The van der Waals surface area contributed by atoms with Crippen LogP contribution in [0, 0.1) is 10.1 Å². The minimum atomic E-state index is -3.55. The van der Waals surface area contributed by atoms with Crippen molar-refractivity contribution in [1.29, 1.82) is 0 Å². The lowest BCUT2D eigenvalue weighted by Gasteiger charge is -2.28. The number of non-ortho nitro benzene ring substituents is 1. The first kappa shape index (κ1) is 20.2. The van der Waals surface area contributed by atoms with Gasteiger partial charge in [0.05, 0.1) is 4.92 Å². The Kier molecular flexibility index (Phi) is 5.37. The number of carbonyl (C=O) groups excluding carboxylic acids is 1. The highest BCUT2D eigenvalue weighted by atomic mass is 32.2. The summed E-state index contributed by atoms with van der Waals surface area (Å²) in [7, 11) is -3.55. The summed E-state index contributed by atoms with van der Waals surface area (Å²) >= 11 is 1.18. The molecule has 2 aromatic carbocycles. The highest BCUT2D eigenvalue weighted by Gasteiger charge is 2.29. The Morgan fingerprint density at radius 2 is 1.93 bits per heavy atom. The van der Waals surface area contributed by atoms with E-state index in [4.69, 9.17) is 0 Å². The molecule has 0 aliphatic carbocycles. The topological polar surface area (TPSA) is 110 Å². The van der Waals surface area contributed by atoms with Crippen LogP contribution < -0.4 is 5.32 Å². The van der Waals surface area contributed by atoms with Crippen molar-refractivity contribution >= 4 is 38.6 Å². The normalized spacial score (nSPS) is 14.1. The molecule has 4 rings (SSSR count). The molecule has 0 unspecified atom stereocenters. The Balaban J connectivity index is 1.54. The van der Waals surface area contributed by atoms with Crippen molar-refractivity contribution in [1.82, 2.24) is 4.31 Å². The first-order valence-corrected chi connectivity index (χ1v) is 11.4. The van der Waals surface area contributed by atoms with Gasteiger partial charge in [-0.1, -0.05) is 18.2 Å². The van der Waals surface area contributed by atoms with Gasteiger partial charge in [-0.25, -0.2) is 8.42 Å². The number of benzene rings is 2. The van der Waals surface area contributed by atoms with Gasteiger partial charge in [-0.2, -0.15) is 4.31 Å². The Labute approximate surface area is 177 Å². The van der Waals surface area contributed by atoms with Gasteiger partial charge in [-0.3, -0.25) is 14.9 Å². The summed E-state index contributed by atoms with van der Waals surface area (Å²) in [6.07, 6.45) is 0.582. The standard InChI is InChI=1S/C20H17N3O5S2/c24-20(15-3-1-4-18(12-15)23(25)26)21-17-7-6-14-8-9-22(13-16(14)11-17)30(27,28)19-5-2-10-29-19/h1-7,10-12H,8-9,13H2,(H,21,24). The second kappa shape index (κ2) is 7.98. The number of carbonyl (C=O) groups is 1. The molecule has 8 nitrogen and oxygen atoms in total. The van der Waals surface area contributed by atoms with Crippen molar-refractivity contribution in [3.05, 3.63) is 86.8 Å². The molecule has 154 valence electrons. The van der Waals surface area contributed by atoms with Gasteiger partial charge < -0.3 is 5.32 Å². The van der Waals surface area contributed by atoms with E-state index in [-0.39, 0.29) is 17.8 Å². The molecule has 1 N–H and O–H groups in total. The minimum absolute atomic E-state index is 0.164. The summed E-state index contributed by atoms with van der Waals surface area (Å²) < 4.78 is 27.4. The van der Waals surface area contributed by atoms with Crippen LogP contribution in [0.2, 0.25) is 0 Å². The third kappa shape index (κ3) is 3.97. The lowest BCUT2D eigenvalue weighted by atomic mass is 10.0. The Hall–Kier alpha value is -3.08. The van der Waals surface area contributed by atoms with Gasteiger partial charge in [-0.15, -0.1) is 11.3 Å². The van der Waals surface area contributed by atoms with Gasteiger partial charge in [0.2, 0.25) is 0 Å². The third-order valence-electron chi connectivity index (χ3n) is 4.85. The number of fused-ring (bicyclic) bond motifs is 1. The first-order valence-electron chi connectivity index (χ1n) is 9.06. The fourth-order valence-electron chi connectivity index (χ4n) is 3.32. The van der Waals surface area contributed by atoms with E-state index in [2.05, 4.69) is 5.32 Å². The fraction of sp³-hybridized carbons (Fsp3) is 0.150. The van der Waals surface area contributed by atoms with Gasteiger partial charge in [0.1, 0.15) is 4.21 Å². The molecule has 10 heteroatoms. The lowest BCUT2D eigenvalue weighted by Crippen LogP contribution is -2.35. The van der Waals surface area contributed by atoms with Crippen LogP contribution in [0.3, 0.4) is 0 Å². The molecule has 0 atom stereocenters. The zero-order valence-corrected chi connectivity index (χ0v) is 17.3. The SMILES string of the molecule is O=C(Nc1ccc2c(c1)CN(S(=O)(=O)c1cccs1)CC2)c1cccc([N+](=O)[O-])c1. The second-order valence-corrected chi connectivity index (χ2v) is 9.88. The van der Waals surface area contributed by atoms with Crippen LogP contribution in [0.4, 0.5) is 11.4 Å². The molecule has 0 spiro atoms. The van der Waals surface area contributed by atoms with Gasteiger partial charge in [0.25, 0.3) is 21.6 Å². The maximum atomic E-state index is 12.8. The van der Waals surface area contributed by atoms with Crippen molar-refractivity contribution in [3.8, 4) is 0 Å². The second-order valence-electron chi connectivity index (χ2n) is 6.77. The molecule has 2 heterocycles. The zero-order chi connectivity index (χ0) is 21.3. The first-order chi connectivity index (χ1) is 14.3. The highest BCUT2D eigenvalue weighted by molar-refractivity contribution is 7.91. The van der Waals surface area contributed by atoms with Crippen molar-refractivity contribution in [2.75, 3.05) is 11.9 Å². The third-order valence-corrected chi connectivity index (χ3v) is 8.07. The van der Waals surface area contributed by atoms with E-state index in [0.29, 0.717) is 22.9 Å². The molecule has 0 radical (unpaired) electrons. The molecule has 1 aromatic heterocycles. The molecule has 3 aromatic rings. The van der Waals surface area contributed by atoms with Crippen LogP contribution in [0.15, 0.2) is 64.2 Å². The molecule has 1 aliphatic rings. The number of nitrogens with zero attached hydrogens (tertiary/aromatic N) is 2. The average molecular weight is 444 g/mol. The predicted molar refractivity (Wildman–Crippen MR) is 113 cm³/mol. The number of nitro benzene ring substituents is 1. The van der Waals surface area contributed by atoms with Crippen LogP contribution >= 0.6 is 11.3 Å². The summed E-state index contributed by atoms with van der Waals surface area (Å²) in [4.78, 5) is 22.9. The van der Waals surface area contributed by atoms with Crippen LogP contribution in [-0.2, 0) is 23.0 Å². The van der Waals surface area contributed by atoms with E-state index in [1.165, 1.54) is 39.9 Å². The number of rotatable bonds is 5. The average Bonchev–Trinajstić information content (AvgIpc) is 3.29. The predicted octanol–water partition coefficient (Wildman–Crippen LogP) is 3.66. The van der Waals surface area contributed by atoms with E-state index >= 15 is 0 Å². The Morgan fingerprint density at radius 3 is 2.67 bits per heavy atom. The number of hydrogen-bond acceptors (Lipinski definition) is 6. The fourth-order valence-corrected chi connectivity index (χ4v) is 5.88. The number of hydrogen-bond donors (Lipinski definition) is 1. The number of sulfonamides is 1. The van der Waals surface area contributed by atoms with Crippen LogP contribution in [0.5, 0.6) is 0 Å². The minimum Gasteiger partial charge on any atom is -0.322 e. The molecule has 0 bridgehead atoms. The monoisotopic (exact) mass is 443 g/mol. The lowest BCUT2D eigenvalue weighted by molar-refractivity contribution is -0.384. The van der Waals surface area contributed by atoms with E-state index in [0.717, 1.165) is 11.1 Å². The van der Waals surface area contributed by atoms with Crippen LogP contribution in [-0.4, -0.2) is 30.1 Å². The Bertz CT molecular complexity index is 1220. The van der Waals surface area contributed by atoms with Crippen LogP contribution in [0.1, 0.15) is 21.5 Å². The van der Waals surface area contributed by atoms with E-state index in [9.17, 15) is 23.3 Å². The molecular formula is C20H17N3O5S2. The maximum Gasteiger partial charge on any atom is 0.270 e. The van der Waals surface area contributed by atoms with E-state index < -0.39 is 20.9 Å². The Morgan fingerprint density at radius 1 is 1.10 bits per heavy atom. The number of nitrogens with one attached hydrogen (secondary N) is 1. The summed E-state index contributed by atoms with van der Waals surface area (Å²) in [5.74, 6) is -0.475. The molecule has 0 saturated heterocycles. The summed E-state index contributed by atoms with van der Waals surface area (Å²) in [5.41, 5.74) is 2.35. The maximum absolute atomic E-state index is 12.8. The van der Waals surface area contributed by atoms with Crippen molar-refractivity contribution in [3.63, 3.8) is 0 Å². The van der Waals surface area contributed by atoms with Gasteiger partial charge in [0, 0.05) is 36.5 Å². The van der Waals surface area contributed by atoms with Crippen molar-refractivity contribution in [2.45, 2.75) is 17.2 Å². The smallest absolute Gasteiger partial charge is 0.270 e. The van der Waals surface area contributed by atoms with Crippen molar-refractivity contribution < 1.29 is 18.1 Å².